The molecule has 5 heteroatoms. The van der Waals surface area contributed by atoms with Gasteiger partial charge in [-0.2, -0.15) is 0 Å². The SMILES string of the molecule is Cc1ccsc1C(Cc1cc(Br)ccc1F)NN. The number of benzene rings is 1. The Kier molecular flexibility index (Phi) is 4.50. The van der Waals surface area contributed by atoms with Crippen molar-refractivity contribution in [1.82, 2.24) is 5.43 Å². The summed E-state index contributed by atoms with van der Waals surface area (Å²) in [5.41, 5.74) is 4.60. The van der Waals surface area contributed by atoms with Gasteiger partial charge in [-0.15, -0.1) is 11.3 Å². The Morgan fingerprint density at radius 3 is 2.83 bits per heavy atom. The molecule has 1 atom stereocenters. The molecule has 0 spiro atoms. The van der Waals surface area contributed by atoms with Crippen LogP contribution in [0.2, 0.25) is 0 Å². The summed E-state index contributed by atoms with van der Waals surface area (Å²) in [4.78, 5) is 1.15. The number of thiophene rings is 1. The van der Waals surface area contributed by atoms with Crippen molar-refractivity contribution >= 4 is 27.3 Å². The van der Waals surface area contributed by atoms with Crippen LogP contribution >= 0.6 is 27.3 Å². The number of hydrogen-bond donors (Lipinski definition) is 2. The maximum Gasteiger partial charge on any atom is 0.126 e. The minimum absolute atomic E-state index is 0.0613. The van der Waals surface area contributed by atoms with E-state index in [4.69, 9.17) is 5.84 Å². The molecular formula is C13H14BrFN2S. The lowest BCUT2D eigenvalue weighted by atomic mass is 10.0. The summed E-state index contributed by atoms with van der Waals surface area (Å²) >= 11 is 4.99. The molecule has 2 nitrogen and oxygen atoms in total. The number of hydrazine groups is 1. The summed E-state index contributed by atoms with van der Waals surface area (Å²) in [5.74, 6) is 5.39. The van der Waals surface area contributed by atoms with Crippen molar-refractivity contribution in [3.8, 4) is 0 Å². The smallest absolute Gasteiger partial charge is 0.126 e. The second-order valence-electron chi connectivity index (χ2n) is 4.13. The maximum absolute atomic E-state index is 13.7. The van der Waals surface area contributed by atoms with Crippen LogP contribution in [0.4, 0.5) is 4.39 Å². The standard InChI is InChI=1S/C13H14BrFN2S/c1-8-4-5-18-13(8)12(17-16)7-9-6-10(14)2-3-11(9)15/h2-6,12,17H,7,16H2,1H3. The zero-order valence-electron chi connectivity index (χ0n) is 9.91. The van der Waals surface area contributed by atoms with E-state index in [1.54, 1.807) is 23.5 Å². The Balaban J connectivity index is 2.26. The molecular weight excluding hydrogens is 315 g/mol. The first-order valence-electron chi connectivity index (χ1n) is 5.56. The molecule has 1 aromatic heterocycles. The van der Waals surface area contributed by atoms with Crippen molar-refractivity contribution in [1.29, 1.82) is 0 Å². The molecule has 0 aliphatic carbocycles. The minimum Gasteiger partial charge on any atom is -0.271 e. The number of nitrogens with two attached hydrogens (primary N) is 1. The number of nitrogens with one attached hydrogen (secondary N) is 1. The van der Waals surface area contributed by atoms with Gasteiger partial charge in [-0.05, 0) is 54.1 Å². The lowest BCUT2D eigenvalue weighted by Gasteiger charge is -2.16. The first-order valence-corrected chi connectivity index (χ1v) is 7.23. The van der Waals surface area contributed by atoms with E-state index in [1.165, 1.54) is 11.6 Å². The van der Waals surface area contributed by atoms with Gasteiger partial charge in [0.1, 0.15) is 5.82 Å². The monoisotopic (exact) mass is 328 g/mol. The first-order chi connectivity index (χ1) is 8.61. The molecule has 0 amide bonds. The molecule has 0 aliphatic heterocycles. The van der Waals surface area contributed by atoms with E-state index < -0.39 is 0 Å². The Morgan fingerprint density at radius 2 is 2.22 bits per heavy atom. The van der Waals surface area contributed by atoms with E-state index in [9.17, 15) is 4.39 Å². The number of halogens is 2. The predicted octanol–water partition coefficient (Wildman–Crippen LogP) is 3.71. The summed E-state index contributed by atoms with van der Waals surface area (Å²) in [6.07, 6.45) is 0.531. The first kappa shape index (κ1) is 13.7. The fourth-order valence-electron chi connectivity index (χ4n) is 1.89. The average Bonchev–Trinajstić information content (AvgIpc) is 2.77. The highest BCUT2D eigenvalue weighted by Gasteiger charge is 2.16. The van der Waals surface area contributed by atoms with Crippen molar-refractivity contribution < 1.29 is 4.39 Å². The fourth-order valence-corrected chi connectivity index (χ4v) is 3.29. The van der Waals surface area contributed by atoms with Gasteiger partial charge in [-0.1, -0.05) is 15.9 Å². The molecule has 1 heterocycles. The number of aryl methyl sites for hydroxylation is 1. The average molecular weight is 329 g/mol. The highest BCUT2D eigenvalue weighted by molar-refractivity contribution is 9.10. The Labute approximate surface area is 118 Å². The van der Waals surface area contributed by atoms with Crippen LogP contribution < -0.4 is 11.3 Å². The molecule has 96 valence electrons. The predicted molar refractivity (Wildman–Crippen MR) is 76.9 cm³/mol. The van der Waals surface area contributed by atoms with Crippen LogP contribution in [0.3, 0.4) is 0 Å². The molecule has 2 aromatic rings. The summed E-state index contributed by atoms with van der Waals surface area (Å²) in [5, 5.41) is 2.02. The molecule has 0 saturated carbocycles. The van der Waals surface area contributed by atoms with E-state index in [0.717, 1.165) is 9.35 Å². The van der Waals surface area contributed by atoms with Gasteiger partial charge in [0.25, 0.3) is 0 Å². The van der Waals surface area contributed by atoms with Crippen molar-refractivity contribution in [3.05, 3.63) is 55.9 Å². The van der Waals surface area contributed by atoms with Gasteiger partial charge in [0, 0.05) is 9.35 Å². The van der Waals surface area contributed by atoms with Crippen LogP contribution in [0.1, 0.15) is 22.0 Å². The molecule has 0 fully saturated rings. The minimum atomic E-state index is -0.201. The van der Waals surface area contributed by atoms with Crippen LogP contribution in [-0.2, 0) is 6.42 Å². The van der Waals surface area contributed by atoms with Gasteiger partial charge in [-0.25, -0.2) is 4.39 Å². The Bertz CT molecular complexity index is 542. The van der Waals surface area contributed by atoms with E-state index in [1.807, 2.05) is 18.4 Å². The zero-order valence-corrected chi connectivity index (χ0v) is 12.3. The van der Waals surface area contributed by atoms with Gasteiger partial charge < -0.3 is 0 Å². The summed E-state index contributed by atoms with van der Waals surface area (Å²) in [6, 6.07) is 6.94. The van der Waals surface area contributed by atoms with E-state index in [-0.39, 0.29) is 11.9 Å². The largest absolute Gasteiger partial charge is 0.271 e. The highest BCUT2D eigenvalue weighted by atomic mass is 79.9. The second kappa shape index (κ2) is 5.93. The number of rotatable bonds is 4. The van der Waals surface area contributed by atoms with Crippen molar-refractivity contribution in [3.63, 3.8) is 0 Å². The normalized spacial score (nSPS) is 12.7. The third-order valence-corrected chi connectivity index (χ3v) is 4.48. The molecule has 0 aliphatic rings. The topological polar surface area (TPSA) is 38.0 Å². The Hall–Kier alpha value is -0.750. The van der Waals surface area contributed by atoms with Gasteiger partial charge in [0.05, 0.1) is 6.04 Å². The molecule has 1 unspecified atom stereocenters. The van der Waals surface area contributed by atoms with Gasteiger partial charge >= 0.3 is 0 Å². The quantitative estimate of drug-likeness (QED) is 0.663. The molecule has 0 radical (unpaired) electrons. The van der Waals surface area contributed by atoms with Crippen LogP contribution in [0.25, 0.3) is 0 Å². The molecule has 1 aromatic carbocycles. The molecule has 0 bridgehead atoms. The van der Waals surface area contributed by atoms with Crippen LogP contribution in [-0.4, -0.2) is 0 Å². The van der Waals surface area contributed by atoms with E-state index in [0.29, 0.717) is 12.0 Å². The number of hydrogen-bond acceptors (Lipinski definition) is 3. The third-order valence-electron chi connectivity index (χ3n) is 2.85. The molecule has 18 heavy (non-hydrogen) atoms. The molecule has 2 rings (SSSR count). The summed E-state index contributed by atoms with van der Waals surface area (Å²) < 4.78 is 14.6. The lowest BCUT2D eigenvalue weighted by Crippen LogP contribution is -2.29. The third kappa shape index (κ3) is 2.98. The van der Waals surface area contributed by atoms with Gasteiger partial charge in [0.2, 0.25) is 0 Å². The summed E-state index contributed by atoms with van der Waals surface area (Å²) in [6.45, 7) is 2.04. The lowest BCUT2D eigenvalue weighted by molar-refractivity contribution is 0.533. The Morgan fingerprint density at radius 1 is 1.44 bits per heavy atom. The van der Waals surface area contributed by atoms with Crippen LogP contribution in [0.5, 0.6) is 0 Å². The van der Waals surface area contributed by atoms with Gasteiger partial charge in [0.15, 0.2) is 0 Å². The van der Waals surface area contributed by atoms with Gasteiger partial charge in [-0.3, -0.25) is 11.3 Å². The zero-order chi connectivity index (χ0) is 13.1. The molecule has 3 N–H and O–H groups in total. The fraction of sp³-hybridized carbons (Fsp3) is 0.231. The molecule has 0 saturated heterocycles. The van der Waals surface area contributed by atoms with Crippen molar-refractivity contribution in [2.24, 2.45) is 5.84 Å². The highest BCUT2D eigenvalue weighted by Crippen LogP contribution is 2.28. The maximum atomic E-state index is 13.7. The van der Waals surface area contributed by atoms with E-state index in [2.05, 4.69) is 21.4 Å². The van der Waals surface area contributed by atoms with Crippen LogP contribution in [0.15, 0.2) is 34.1 Å². The van der Waals surface area contributed by atoms with Crippen molar-refractivity contribution in [2.75, 3.05) is 0 Å². The second-order valence-corrected chi connectivity index (χ2v) is 5.99. The summed E-state index contributed by atoms with van der Waals surface area (Å²) in [7, 11) is 0. The van der Waals surface area contributed by atoms with Crippen LogP contribution in [0, 0.1) is 12.7 Å². The van der Waals surface area contributed by atoms with E-state index >= 15 is 0 Å². The van der Waals surface area contributed by atoms with Crippen molar-refractivity contribution in [2.45, 2.75) is 19.4 Å².